The average molecular weight is 291 g/mol. The smallest absolute Gasteiger partial charge is 0.138 e. The highest BCUT2D eigenvalue weighted by molar-refractivity contribution is 5.48. The minimum absolute atomic E-state index is 0.0539. The fourth-order valence-electron chi connectivity index (χ4n) is 2.74. The highest BCUT2D eigenvalue weighted by Crippen LogP contribution is 2.24. The number of nitrogens with one attached hydrogen (secondary N) is 2. The van der Waals surface area contributed by atoms with Gasteiger partial charge in [0.25, 0.3) is 0 Å². The van der Waals surface area contributed by atoms with Crippen LogP contribution in [0.25, 0.3) is 0 Å². The monoisotopic (exact) mass is 291 g/mol. The number of anilines is 2. The summed E-state index contributed by atoms with van der Waals surface area (Å²) in [6.07, 6.45) is 1.15. The van der Waals surface area contributed by atoms with Crippen molar-refractivity contribution in [2.45, 2.75) is 45.6 Å². The number of likely N-dealkylation sites (tertiary alicyclic amines) is 1. The SMILES string of the molecule is CNc1cc(NC2CCN(C)CC2C)nc(C(C)(C)C)n1. The van der Waals surface area contributed by atoms with Gasteiger partial charge in [-0.1, -0.05) is 27.7 Å². The molecule has 2 heterocycles. The van der Waals surface area contributed by atoms with Crippen molar-refractivity contribution >= 4 is 11.6 Å². The van der Waals surface area contributed by atoms with E-state index in [-0.39, 0.29) is 5.41 Å². The predicted octanol–water partition coefficient (Wildman–Crippen LogP) is 2.57. The van der Waals surface area contributed by atoms with E-state index in [9.17, 15) is 0 Å². The van der Waals surface area contributed by atoms with Crippen molar-refractivity contribution in [1.82, 2.24) is 14.9 Å². The Bertz CT molecular complexity index is 480. The topological polar surface area (TPSA) is 53.1 Å². The summed E-state index contributed by atoms with van der Waals surface area (Å²) >= 11 is 0. The van der Waals surface area contributed by atoms with E-state index < -0.39 is 0 Å². The first-order chi connectivity index (χ1) is 9.79. The van der Waals surface area contributed by atoms with Crippen LogP contribution in [0.2, 0.25) is 0 Å². The second-order valence-electron chi connectivity index (χ2n) is 7.24. The lowest BCUT2D eigenvalue weighted by molar-refractivity contribution is 0.206. The number of aromatic nitrogens is 2. The Morgan fingerprint density at radius 3 is 2.48 bits per heavy atom. The molecule has 1 aromatic rings. The molecule has 1 fully saturated rings. The zero-order valence-corrected chi connectivity index (χ0v) is 14.2. The lowest BCUT2D eigenvalue weighted by atomic mass is 9.94. The van der Waals surface area contributed by atoms with Crippen molar-refractivity contribution in [2.24, 2.45) is 5.92 Å². The van der Waals surface area contributed by atoms with Crippen molar-refractivity contribution < 1.29 is 0 Å². The summed E-state index contributed by atoms with van der Waals surface area (Å²) in [6.45, 7) is 11.0. The molecule has 2 rings (SSSR count). The van der Waals surface area contributed by atoms with Gasteiger partial charge in [-0.2, -0.15) is 0 Å². The Labute approximate surface area is 128 Å². The zero-order valence-electron chi connectivity index (χ0n) is 14.2. The van der Waals surface area contributed by atoms with Gasteiger partial charge in [-0.25, -0.2) is 9.97 Å². The first-order valence-electron chi connectivity index (χ1n) is 7.82. The first kappa shape index (κ1) is 16.0. The number of hydrogen-bond acceptors (Lipinski definition) is 5. The average Bonchev–Trinajstić information content (AvgIpc) is 2.40. The van der Waals surface area contributed by atoms with Gasteiger partial charge in [0.1, 0.15) is 17.5 Å². The summed E-state index contributed by atoms with van der Waals surface area (Å²) in [5.74, 6) is 3.30. The van der Waals surface area contributed by atoms with Crippen LogP contribution in [-0.4, -0.2) is 48.1 Å². The van der Waals surface area contributed by atoms with Gasteiger partial charge in [0.05, 0.1) is 0 Å². The van der Waals surface area contributed by atoms with Crippen molar-refractivity contribution in [1.29, 1.82) is 0 Å². The lowest BCUT2D eigenvalue weighted by Gasteiger charge is -2.35. The van der Waals surface area contributed by atoms with Gasteiger partial charge in [-0.05, 0) is 25.9 Å². The number of nitrogens with zero attached hydrogens (tertiary/aromatic N) is 3. The fourth-order valence-corrected chi connectivity index (χ4v) is 2.74. The summed E-state index contributed by atoms with van der Waals surface area (Å²) in [5, 5.41) is 6.76. The van der Waals surface area contributed by atoms with Crippen molar-refractivity contribution in [2.75, 3.05) is 37.8 Å². The van der Waals surface area contributed by atoms with E-state index in [1.807, 2.05) is 13.1 Å². The molecule has 118 valence electrons. The maximum absolute atomic E-state index is 4.72. The van der Waals surface area contributed by atoms with E-state index in [0.29, 0.717) is 12.0 Å². The molecule has 1 aliphatic heterocycles. The van der Waals surface area contributed by atoms with Gasteiger partial charge >= 0.3 is 0 Å². The summed E-state index contributed by atoms with van der Waals surface area (Å²) in [7, 11) is 4.09. The second kappa shape index (κ2) is 6.18. The van der Waals surface area contributed by atoms with Crippen LogP contribution >= 0.6 is 0 Å². The van der Waals surface area contributed by atoms with Crippen LogP contribution in [0, 0.1) is 5.92 Å². The minimum Gasteiger partial charge on any atom is -0.373 e. The standard InChI is InChI=1S/C16H29N5/c1-11-10-21(6)8-7-12(11)18-14-9-13(17-5)19-15(20-14)16(2,3)4/h9,11-12H,7-8,10H2,1-6H3,(H2,17,18,19,20). The van der Waals surface area contributed by atoms with E-state index in [1.54, 1.807) is 0 Å². The van der Waals surface area contributed by atoms with Crippen LogP contribution in [-0.2, 0) is 5.41 Å². The predicted molar refractivity (Wildman–Crippen MR) is 89.0 cm³/mol. The molecule has 0 aliphatic carbocycles. The van der Waals surface area contributed by atoms with Gasteiger partial charge in [-0.15, -0.1) is 0 Å². The van der Waals surface area contributed by atoms with Gasteiger partial charge in [0.2, 0.25) is 0 Å². The molecule has 2 N–H and O–H groups in total. The van der Waals surface area contributed by atoms with E-state index in [4.69, 9.17) is 4.98 Å². The van der Waals surface area contributed by atoms with E-state index in [1.165, 1.54) is 0 Å². The third-order valence-electron chi connectivity index (χ3n) is 4.09. The fraction of sp³-hybridized carbons (Fsp3) is 0.750. The van der Waals surface area contributed by atoms with Crippen LogP contribution in [0.4, 0.5) is 11.6 Å². The second-order valence-corrected chi connectivity index (χ2v) is 7.24. The van der Waals surface area contributed by atoms with Crippen molar-refractivity contribution in [3.8, 4) is 0 Å². The van der Waals surface area contributed by atoms with Crippen LogP contribution in [0.1, 0.15) is 39.9 Å². The molecular formula is C16H29N5. The maximum atomic E-state index is 4.72. The van der Waals surface area contributed by atoms with Gasteiger partial charge in [-0.3, -0.25) is 0 Å². The Kier molecular flexibility index (Phi) is 4.71. The van der Waals surface area contributed by atoms with E-state index >= 15 is 0 Å². The molecule has 0 aromatic carbocycles. The Morgan fingerprint density at radius 1 is 1.24 bits per heavy atom. The van der Waals surface area contributed by atoms with E-state index in [2.05, 4.69) is 55.3 Å². The summed E-state index contributed by atoms with van der Waals surface area (Å²) in [5.41, 5.74) is -0.0539. The molecule has 2 unspecified atom stereocenters. The zero-order chi connectivity index (χ0) is 15.6. The Hall–Kier alpha value is -1.36. The van der Waals surface area contributed by atoms with Crippen LogP contribution in [0.3, 0.4) is 0 Å². The largest absolute Gasteiger partial charge is 0.373 e. The molecule has 0 radical (unpaired) electrons. The molecule has 0 saturated carbocycles. The molecule has 0 spiro atoms. The van der Waals surface area contributed by atoms with Gasteiger partial charge < -0.3 is 15.5 Å². The molecule has 1 aromatic heterocycles. The summed E-state index contributed by atoms with van der Waals surface area (Å²) < 4.78 is 0. The van der Waals surface area contributed by atoms with Crippen LogP contribution < -0.4 is 10.6 Å². The number of hydrogen-bond donors (Lipinski definition) is 2. The molecule has 0 bridgehead atoms. The lowest BCUT2D eigenvalue weighted by Crippen LogP contribution is -2.43. The molecular weight excluding hydrogens is 262 g/mol. The number of piperidine rings is 1. The highest BCUT2D eigenvalue weighted by Gasteiger charge is 2.25. The summed E-state index contributed by atoms with van der Waals surface area (Å²) in [4.78, 5) is 11.7. The first-order valence-corrected chi connectivity index (χ1v) is 7.82. The molecule has 2 atom stereocenters. The van der Waals surface area contributed by atoms with Gasteiger partial charge in [0, 0.05) is 31.1 Å². The summed E-state index contributed by atoms with van der Waals surface area (Å²) in [6, 6.07) is 2.48. The maximum Gasteiger partial charge on any atom is 0.138 e. The van der Waals surface area contributed by atoms with E-state index in [0.717, 1.165) is 37.0 Å². The quantitative estimate of drug-likeness (QED) is 0.896. The van der Waals surface area contributed by atoms with Crippen LogP contribution in [0.15, 0.2) is 6.07 Å². The van der Waals surface area contributed by atoms with Crippen LogP contribution in [0.5, 0.6) is 0 Å². The molecule has 5 heteroatoms. The molecule has 21 heavy (non-hydrogen) atoms. The number of rotatable bonds is 3. The molecule has 5 nitrogen and oxygen atoms in total. The molecule has 0 amide bonds. The van der Waals surface area contributed by atoms with Crippen molar-refractivity contribution in [3.05, 3.63) is 11.9 Å². The Balaban J connectivity index is 2.19. The minimum atomic E-state index is -0.0539. The highest BCUT2D eigenvalue weighted by atomic mass is 15.1. The third-order valence-corrected chi connectivity index (χ3v) is 4.09. The normalized spacial score (nSPS) is 23.9. The van der Waals surface area contributed by atoms with Crippen molar-refractivity contribution in [3.63, 3.8) is 0 Å². The van der Waals surface area contributed by atoms with Gasteiger partial charge in [0.15, 0.2) is 0 Å². The third kappa shape index (κ3) is 4.06. The Morgan fingerprint density at radius 2 is 1.90 bits per heavy atom. The molecule has 1 aliphatic rings. The molecule has 1 saturated heterocycles.